The third-order valence-electron chi connectivity index (χ3n) is 4.06. The molecule has 0 saturated heterocycles. The Morgan fingerprint density at radius 2 is 2.18 bits per heavy atom. The van der Waals surface area contributed by atoms with Gasteiger partial charge in [-0.25, -0.2) is 0 Å². The number of hydrogen-bond donors (Lipinski definition) is 2. The molecule has 2 unspecified atom stereocenters. The molecule has 1 fully saturated rings. The molecule has 0 spiro atoms. The van der Waals surface area contributed by atoms with Crippen LogP contribution >= 0.6 is 0 Å². The van der Waals surface area contributed by atoms with Crippen molar-refractivity contribution in [3.8, 4) is 5.75 Å². The number of nitrogens with one attached hydrogen (secondary N) is 1. The number of hydrogen-bond acceptors (Lipinski definition) is 4. The van der Waals surface area contributed by atoms with E-state index in [2.05, 4.69) is 5.32 Å². The lowest BCUT2D eigenvalue weighted by Crippen LogP contribution is -2.30. The van der Waals surface area contributed by atoms with Crippen LogP contribution < -0.4 is 15.8 Å². The van der Waals surface area contributed by atoms with E-state index in [9.17, 15) is 4.79 Å². The van der Waals surface area contributed by atoms with Crippen molar-refractivity contribution in [2.75, 3.05) is 20.3 Å². The predicted molar refractivity (Wildman–Crippen MR) is 85.7 cm³/mol. The highest BCUT2D eigenvalue weighted by atomic mass is 16.5. The maximum absolute atomic E-state index is 12.2. The Hall–Kier alpha value is -1.59. The molecule has 0 aliphatic heterocycles. The average molecular weight is 306 g/mol. The van der Waals surface area contributed by atoms with E-state index in [4.69, 9.17) is 15.2 Å². The molecule has 1 aromatic rings. The Labute approximate surface area is 132 Å². The van der Waals surface area contributed by atoms with E-state index in [1.807, 2.05) is 25.1 Å². The van der Waals surface area contributed by atoms with Gasteiger partial charge >= 0.3 is 0 Å². The van der Waals surface area contributed by atoms with Gasteiger partial charge < -0.3 is 20.5 Å². The second kappa shape index (κ2) is 8.15. The summed E-state index contributed by atoms with van der Waals surface area (Å²) in [5.74, 6) is 0.954. The van der Waals surface area contributed by atoms with Crippen LogP contribution in [0.2, 0.25) is 0 Å². The molecule has 0 radical (unpaired) electrons. The van der Waals surface area contributed by atoms with Gasteiger partial charge in [0.25, 0.3) is 0 Å². The fourth-order valence-corrected chi connectivity index (χ4v) is 2.76. The van der Waals surface area contributed by atoms with Crippen LogP contribution in [-0.2, 0) is 16.1 Å². The molecule has 3 N–H and O–H groups in total. The van der Waals surface area contributed by atoms with Gasteiger partial charge in [0.05, 0.1) is 6.61 Å². The zero-order valence-corrected chi connectivity index (χ0v) is 13.4. The second-order valence-electron chi connectivity index (χ2n) is 5.94. The topological polar surface area (TPSA) is 73.6 Å². The molecule has 5 nitrogen and oxygen atoms in total. The minimum atomic E-state index is 0.0540. The molecular formula is C17H26N2O3. The number of nitrogens with two attached hydrogens (primary N) is 1. The van der Waals surface area contributed by atoms with Crippen molar-refractivity contribution in [2.24, 2.45) is 11.7 Å². The van der Waals surface area contributed by atoms with Crippen LogP contribution in [-0.4, -0.2) is 32.3 Å². The Morgan fingerprint density at radius 3 is 2.86 bits per heavy atom. The summed E-state index contributed by atoms with van der Waals surface area (Å²) in [7, 11) is 1.65. The van der Waals surface area contributed by atoms with Crippen LogP contribution in [0.1, 0.15) is 30.4 Å². The summed E-state index contributed by atoms with van der Waals surface area (Å²) in [5.41, 5.74) is 7.98. The van der Waals surface area contributed by atoms with Gasteiger partial charge in [0.15, 0.2) is 0 Å². The number of benzene rings is 1. The molecule has 2 atom stereocenters. The van der Waals surface area contributed by atoms with Crippen molar-refractivity contribution in [1.29, 1.82) is 0 Å². The summed E-state index contributed by atoms with van der Waals surface area (Å²) in [6.07, 6.45) is 2.61. The van der Waals surface area contributed by atoms with Gasteiger partial charge in [0.1, 0.15) is 12.4 Å². The van der Waals surface area contributed by atoms with Crippen molar-refractivity contribution in [3.63, 3.8) is 0 Å². The molecule has 2 rings (SSSR count). The summed E-state index contributed by atoms with van der Waals surface area (Å²) < 4.78 is 10.7. The van der Waals surface area contributed by atoms with E-state index in [1.54, 1.807) is 7.11 Å². The zero-order chi connectivity index (χ0) is 15.9. The van der Waals surface area contributed by atoms with Crippen LogP contribution in [0.25, 0.3) is 0 Å². The first-order valence-electron chi connectivity index (χ1n) is 7.84. The highest BCUT2D eigenvalue weighted by Gasteiger charge is 2.27. The molecule has 1 saturated carbocycles. The Kier molecular flexibility index (Phi) is 6.21. The maximum Gasteiger partial charge on any atom is 0.223 e. The molecule has 1 aliphatic rings. The number of carbonyl (C=O) groups is 1. The Bertz CT molecular complexity index is 505. The van der Waals surface area contributed by atoms with Crippen molar-refractivity contribution < 1.29 is 14.3 Å². The summed E-state index contributed by atoms with van der Waals surface area (Å²) in [6, 6.07) is 6.18. The molecule has 1 amide bonds. The number of carbonyl (C=O) groups excluding carboxylic acids is 1. The maximum atomic E-state index is 12.2. The fourth-order valence-electron chi connectivity index (χ4n) is 2.76. The molecule has 0 aromatic heterocycles. The highest BCUT2D eigenvalue weighted by molar-refractivity contribution is 5.79. The Morgan fingerprint density at radius 1 is 1.36 bits per heavy atom. The summed E-state index contributed by atoms with van der Waals surface area (Å²) >= 11 is 0. The Balaban J connectivity index is 1.92. The van der Waals surface area contributed by atoms with Crippen molar-refractivity contribution in [1.82, 2.24) is 5.32 Å². The average Bonchev–Trinajstić information content (AvgIpc) is 2.93. The van der Waals surface area contributed by atoms with Gasteiger partial charge in [-0.05, 0) is 37.8 Å². The first-order valence-corrected chi connectivity index (χ1v) is 7.84. The molecular weight excluding hydrogens is 280 g/mol. The minimum absolute atomic E-state index is 0.0540. The number of rotatable bonds is 7. The quantitative estimate of drug-likeness (QED) is 0.753. The molecule has 122 valence electrons. The molecule has 22 heavy (non-hydrogen) atoms. The standard InChI is InChI=1S/C17H26N2O3/c1-12-3-4-14(16(9-12)22-8-7-21-2)11-19-17(20)13-5-6-15(18)10-13/h3-4,9,13,15H,5-8,10-11,18H2,1-2H3,(H,19,20). The van der Waals surface area contributed by atoms with Crippen LogP contribution in [0, 0.1) is 12.8 Å². The largest absolute Gasteiger partial charge is 0.491 e. The predicted octanol–water partition coefficient (Wildman–Crippen LogP) is 1.76. The van der Waals surface area contributed by atoms with E-state index in [0.29, 0.717) is 19.8 Å². The summed E-state index contributed by atoms with van der Waals surface area (Å²) in [5, 5.41) is 3.01. The van der Waals surface area contributed by atoms with E-state index in [-0.39, 0.29) is 17.9 Å². The third kappa shape index (κ3) is 4.71. The van der Waals surface area contributed by atoms with Gasteiger partial charge in [0.2, 0.25) is 5.91 Å². The molecule has 1 aromatic carbocycles. The van der Waals surface area contributed by atoms with Gasteiger partial charge in [-0.2, -0.15) is 0 Å². The molecule has 0 heterocycles. The number of methoxy groups -OCH3 is 1. The van der Waals surface area contributed by atoms with Gasteiger partial charge in [-0.15, -0.1) is 0 Å². The lowest BCUT2D eigenvalue weighted by atomic mass is 10.1. The zero-order valence-electron chi connectivity index (χ0n) is 13.4. The van der Waals surface area contributed by atoms with E-state index in [0.717, 1.165) is 36.1 Å². The van der Waals surface area contributed by atoms with Crippen LogP contribution in [0.3, 0.4) is 0 Å². The van der Waals surface area contributed by atoms with Crippen molar-refractivity contribution in [3.05, 3.63) is 29.3 Å². The second-order valence-corrected chi connectivity index (χ2v) is 5.94. The van der Waals surface area contributed by atoms with Crippen LogP contribution in [0.4, 0.5) is 0 Å². The van der Waals surface area contributed by atoms with E-state index < -0.39 is 0 Å². The van der Waals surface area contributed by atoms with Gasteiger partial charge in [0, 0.05) is 31.2 Å². The lowest BCUT2D eigenvalue weighted by Gasteiger charge is -2.15. The van der Waals surface area contributed by atoms with Gasteiger partial charge in [-0.1, -0.05) is 12.1 Å². The normalized spacial score (nSPS) is 20.9. The van der Waals surface area contributed by atoms with Crippen molar-refractivity contribution >= 4 is 5.91 Å². The number of ether oxygens (including phenoxy) is 2. The number of amides is 1. The lowest BCUT2D eigenvalue weighted by molar-refractivity contribution is -0.125. The summed E-state index contributed by atoms with van der Waals surface area (Å²) in [4.78, 5) is 12.2. The van der Waals surface area contributed by atoms with Gasteiger partial charge in [-0.3, -0.25) is 4.79 Å². The molecule has 0 bridgehead atoms. The van der Waals surface area contributed by atoms with E-state index >= 15 is 0 Å². The SMILES string of the molecule is COCCOc1cc(C)ccc1CNC(=O)C1CCC(N)C1. The van der Waals surface area contributed by atoms with Crippen molar-refractivity contribution in [2.45, 2.75) is 38.8 Å². The van der Waals surface area contributed by atoms with E-state index in [1.165, 1.54) is 0 Å². The third-order valence-corrected chi connectivity index (χ3v) is 4.06. The summed E-state index contributed by atoms with van der Waals surface area (Å²) in [6.45, 7) is 3.54. The fraction of sp³-hybridized carbons (Fsp3) is 0.588. The smallest absolute Gasteiger partial charge is 0.223 e. The molecule has 1 aliphatic carbocycles. The first kappa shape index (κ1) is 16.8. The highest BCUT2D eigenvalue weighted by Crippen LogP contribution is 2.25. The van der Waals surface area contributed by atoms with Crippen LogP contribution in [0.5, 0.6) is 5.75 Å². The first-order chi connectivity index (χ1) is 10.6. The molecule has 5 heteroatoms. The minimum Gasteiger partial charge on any atom is -0.491 e. The monoisotopic (exact) mass is 306 g/mol. The van der Waals surface area contributed by atoms with Crippen LogP contribution in [0.15, 0.2) is 18.2 Å². The number of aryl methyl sites for hydroxylation is 1.